The van der Waals surface area contributed by atoms with Crippen LogP contribution < -0.4 is 0 Å². The second kappa shape index (κ2) is 7.71. The molecule has 124 valence electrons. The zero-order valence-electron chi connectivity index (χ0n) is 12.2. The summed E-state index contributed by atoms with van der Waals surface area (Å²) in [6.45, 7) is 0. The van der Waals surface area contributed by atoms with Gasteiger partial charge in [-0.3, -0.25) is 20.2 Å². The second-order valence-electron chi connectivity index (χ2n) is 4.78. The number of nitro groups is 2. The molecule has 0 N–H and O–H groups in total. The average molecular weight is 560 g/mol. The highest BCUT2D eigenvalue weighted by molar-refractivity contribution is 14.1. The fraction of sp³-hybridized carbons (Fsp3) is 0.0667. The van der Waals surface area contributed by atoms with Gasteiger partial charge in [0.05, 0.1) is 21.0 Å². The molecular weight excluding hydrogens is 554 g/mol. The first-order chi connectivity index (χ1) is 11.8. The van der Waals surface area contributed by atoms with Gasteiger partial charge in [0.2, 0.25) is 0 Å². The fourth-order valence-corrected chi connectivity index (χ4v) is 3.92. The maximum Gasteiger partial charge on any atom is 0.284 e. The zero-order valence-corrected chi connectivity index (χ0v) is 16.5. The lowest BCUT2D eigenvalue weighted by Crippen LogP contribution is -2.03. The summed E-state index contributed by atoms with van der Waals surface area (Å²) < 4.78 is 0.440. The van der Waals surface area contributed by atoms with Crippen molar-refractivity contribution in [3.05, 3.63) is 73.9 Å². The van der Waals surface area contributed by atoms with E-state index in [4.69, 9.17) is 0 Å². The van der Waals surface area contributed by atoms with Gasteiger partial charge in [-0.15, -0.1) is 0 Å². The number of benzene rings is 2. The summed E-state index contributed by atoms with van der Waals surface area (Å²) >= 11 is 3.49. The highest BCUT2D eigenvalue weighted by Gasteiger charge is 2.22. The third-order valence-electron chi connectivity index (χ3n) is 3.41. The quantitative estimate of drug-likeness (QED) is 0.315. The van der Waals surface area contributed by atoms with Gasteiger partial charge in [-0.25, -0.2) is 0 Å². The Hall–Kier alpha value is -2.32. The number of halogens is 2. The molecule has 2 aromatic carbocycles. The molecule has 0 aliphatic rings. The van der Waals surface area contributed by atoms with Crippen molar-refractivity contribution in [1.29, 1.82) is 10.5 Å². The van der Waals surface area contributed by atoms with E-state index in [-0.39, 0.29) is 36.1 Å². The molecule has 2 rings (SSSR count). The SMILES string of the molecule is N#Cc1c(Cc2ccc([N+](=O)[O-])c(I)c2C#N)ccc([N+](=O)[O-])c1I. The molecule has 25 heavy (non-hydrogen) atoms. The predicted molar refractivity (Wildman–Crippen MR) is 104 cm³/mol. The van der Waals surface area contributed by atoms with Crippen molar-refractivity contribution in [2.45, 2.75) is 6.42 Å². The zero-order chi connectivity index (χ0) is 18.7. The van der Waals surface area contributed by atoms with Gasteiger partial charge in [-0.1, -0.05) is 12.1 Å². The highest BCUT2D eigenvalue weighted by Crippen LogP contribution is 2.31. The Bertz CT molecular complexity index is 913. The normalized spacial score (nSPS) is 9.92. The molecule has 0 amide bonds. The second-order valence-corrected chi connectivity index (χ2v) is 6.94. The molecular formula is C15H6I2N4O4. The van der Waals surface area contributed by atoms with E-state index in [9.17, 15) is 30.8 Å². The van der Waals surface area contributed by atoms with Crippen LogP contribution in [0.5, 0.6) is 0 Å². The smallest absolute Gasteiger partial charge is 0.258 e. The largest absolute Gasteiger partial charge is 0.284 e. The van der Waals surface area contributed by atoms with Gasteiger partial charge in [0.15, 0.2) is 0 Å². The monoisotopic (exact) mass is 560 g/mol. The molecule has 0 radical (unpaired) electrons. The molecule has 0 saturated carbocycles. The van der Waals surface area contributed by atoms with Crippen LogP contribution in [-0.2, 0) is 6.42 Å². The number of hydrogen-bond acceptors (Lipinski definition) is 6. The minimum Gasteiger partial charge on any atom is -0.258 e. The Morgan fingerprint density at radius 2 is 1.20 bits per heavy atom. The molecule has 0 aliphatic carbocycles. The van der Waals surface area contributed by atoms with E-state index in [0.29, 0.717) is 11.1 Å². The molecule has 8 nitrogen and oxygen atoms in total. The number of rotatable bonds is 4. The van der Waals surface area contributed by atoms with Gasteiger partial charge >= 0.3 is 0 Å². The van der Waals surface area contributed by atoms with Gasteiger partial charge in [-0.05, 0) is 56.3 Å². The van der Waals surface area contributed by atoms with Crippen LogP contribution in [-0.4, -0.2) is 9.85 Å². The van der Waals surface area contributed by atoms with Gasteiger partial charge in [-0.2, -0.15) is 10.5 Å². The van der Waals surface area contributed by atoms with E-state index >= 15 is 0 Å². The van der Waals surface area contributed by atoms with Crippen LogP contribution in [0, 0.1) is 50.0 Å². The van der Waals surface area contributed by atoms with E-state index in [0.717, 1.165) is 0 Å². The number of nitro benzene ring substituents is 2. The van der Waals surface area contributed by atoms with Crippen LogP contribution in [0.2, 0.25) is 0 Å². The molecule has 0 fully saturated rings. The van der Waals surface area contributed by atoms with Gasteiger partial charge < -0.3 is 0 Å². The van der Waals surface area contributed by atoms with E-state index in [1.54, 1.807) is 45.2 Å². The Morgan fingerprint density at radius 3 is 1.48 bits per heavy atom. The lowest BCUT2D eigenvalue weighted by atomic mass is 9.96. The average Bonchev–Trinajstić information content (AvgIpc) is 2.54. The summed E-state index contributed by atoms with van der Waals surface area (Å²) in [6, 6.07) is 9.46. The van der Waals surface area contributed by atoms with E-state index < -0.39 is 9.85 Å². The van der Waals surface area contributed by atoms with E-state index in [1.807, 2.05) is 12.1 Å². The van der Waals surface area contributed by atoms with Crippen LogP contribution >= 0.6 is 45.2 Å². The van der Waals surface area contributed by atoms with Crippen molar-refractivity contribution in [3.8, 4) is 12.1 Å². The van der Waals surface area contributed by atoms with Crippen LogP contribution in [0.3, 0.4) is 0 Å². The Morgan fingerprint density at radius 1 is 0.840 bits per heavy atom. The summed E-state index contributed by atoms with van der Waals surface area (Å²) in [7, 11) is 0. The first-order valence-corrected chi connectivity index (χ1v) is 8.69. The first-order valence-electron chi connectivity index (χ1n) is 6.53. The molecule has 0 unspecified atom stereocenters. The molecule has 0 spiro atoms. The fourth-order valence-electron chi connectivity index (χ4n) is 2.23. The summed E-state index contributed by atoms with van der Waals surface area (Å²) in [5.41, 5.74) is 1.01. The van der Waals surface area contributed by atoms with Crippen molar-refractivity contribution in [2.75, 3.05) is 0 Å². The van der Waals surface area contributed by atoms with Gasteiger partial charge in [0.25, 0.3) is 11.4 Å². The minimum atomic E-state index is -0.568. The molecule has 0 aliphatic heterocycles. The van der Waals surface area contributed by atoms with E-state index in [2.05, 4.69) is 0 Å². The van der Waals surface area contributed by atoms with Gasteiger partial charge in [0, 0.05) is 18.6 Å². The summed E-state index contributed by atoms with van der Waals surface area (Å²) in [4.78, 5) is 20.8. The lowest BCUT2D eigenvalue weighted by molar-refractivity contribution is -0.386. The maximum atomic E-state index is 11.0. The third kappa shape index (κ3) is 3.69. The van der Waals surface area contributed by atoms with Crippen molar-refractivity contribution in [2.24, 2.45) is 0 Å². The van der Waals surface area contributed by atoms with Crippen LogP contribution in [0.4, 0.5) is 11.4 Å². The highest BCUT2D eigenvalue weighted by atomic mass is 127. The van der Waals surface area contributed by atoms with Crippen LogP contribution in [0.15, 0.2) is 24.3 Å². The number of nitrogens with zero attached hydrogens (tertiary/aromatic N) is 4. The minimum absolute atomic E-state index is 0.159. The van der Waals surface area contributed by atoms with Crippen LogP contribution in [0.1, 0.15) is 22.3 Å². The number of nitriles is 2. The van der Waals surface area contributed by atoms with E-state index in [1.165, 1.54) is 24.3 Å². The van der Waals surface area contributed by atoms with Crippen LogP contribution in [0.25, 0.3) is 0 Å². The first kappa shape index (κ1) is 19.0. The molecule has 0 heterocycles. The number of hydrogen-bond donors (Lipinski definition) is 0. The Balaban J connectivity index is 2.59. The Kier molecular flexibility index (Phi) is 5.86. The van der Waals surface area contributed by atoms with Crippen molar-refractivity contribution >= 4 is 56.6 Å². The molecule has 0 bridgehead atoms. The molecule has 0 aromatic heterocycles. The molecule has 0 atom stereocenters. The van der Waals surface area contributed by atoms with Crippen molar-refractivity contribution in [1.82, 2.24) is 0 Å². The van der Waals surface area contributed by atoms with Crippen molar-refractivity contribution < 1.29 is 9.85 Å². The third-order valence-corrected chi connectivity index (χ3v) is 5.60. The van der Waals surface area contributed by atoms with Crippen molar-refractivity contribution in [3.63, 3.8) is 0 Å². The topological polar surface area (TPSA) is 134 Å². The Labute approximate surface area is 168 Å². The summed E-state index contributed by atoms with van der Waals surface area (Å²) in [6.07, 6.45) is 0.160. The summed E-state index contributed by atoms with van der Waals surface area (Å²) in [5.74, 6) is 0. The molecule has 2 aromatic rings. The molecule has 10 heteroatoms. The summed E-state index contributed by atoms with van der Waals surface area (Å²) in [5, 5.41) is 40.7. The molecule has 0 saturated heterocycles. The standard InChI is InChI=1S/C15H6I2N4O4/c16-14-10(6-18)8(1-3-12(14)20(22)23)5-9-2-4-13(21(24)25)15(17)11(9)7-19/h1-4H,5H2. The maximum absolute atomic E-state index is 11.0. The lowest BCUT2D eigenvalue weighted by Gasteiger charge is -2.09. The predicted octanol–water partition coefficient (Wildman–Crippen LogP) is 4.05. The van der Waals surface area contributed by atoms with Gasteiger partial charge in [0.1, 0.15) is 19.3 Å².